The molecule has 104 valence electrons. The summed E-state index contributed by atoms with van der Waals surface area (Å²) in [5.41, 5.74) is 1.14. The lowest BCUT2D eigenvalue weighted by atomic mass is 9.96. The number of amides is 2. The molecule has 2 amide bonds. The van der Waals surface area contributed by atoms with Crippen molar-refractivity contribution >= 4 is 17.5 Å². The monoisotopic (exact) mass is 263 g/mol. The molecule has 0 aliphatic carbocycles. The molecule has 2 N–H and O–H groups in total. The third-order valence-electron chi connectivity index (χ3n) is 2.50. The average molecular weight is 263 g/mol. The number of rotatable bonds is 4. The van der Waals surface area contributed by atoms with Gasteiger partial charge in [0.1, 0.15) is 0 Å². The summed E-state index contributed by atoms with van der Waals surface area (Å²) in [4.78, 5) is 27.3. The van der Waals surface area contributed by atoms with E-state index >= 15 is 0 Å². The van der Waals surface area contributed by atoms with Gasteiger partial charge in [0, 0.05) is 36.0 Å². The number of hydrogen-bond donors (Lipinski definition) is 2. The lowest BCUT2D eigenvalue weighted by molar-refractivity contribution is -0.128. The highest BCUT2D eigenvalue weighted by Gasteiger charge is 2.20. The minimum atomic E-state index is -0.432. The Morgan fingerprint density at radius 3 is 2.58 bits per heavy atom. The van der Waals surface area contributed by atoms with Crippen LogP contribution < -0.4 is 10.6 Å². The zero-order valence-corrected chi connectivity index (χ0v) is 11.9. The second-order valence-corrected chi connectivity index (χ2v) is 5.49. The van der Waals surface area contributed by atoms with E-state index < -0.39 is 5.41 Å². The van der Waals surface area contributed by atoms with Crippen LogP contribution >= 0.6 is 0 Å². The van der Waals surface area contributed by atoms with E-state index in [0.717, 1.165) is 11.4 Å². The Kier molecular flexibility index (Phi) is 5.03. The van der Waals surface area contributed by atoms with Gasteiger partial charge in [-0.1, -0.05) is 20.8 Å². The van der Waals surface area contributed by atoms with Crippen LogP contribution in [0.15, 0.2) is 18.3 Å². The van der Waals surface area contributed by atoms with Crippen molar-refractivity contribution in [1.82, 2.24) is 10.3 Å². The lowest BCUT2D eigenvalue weighted by Gasteiger charge is -2.17. The Labute approximate surface area is 113 Å². The van der Waals surface area contributed by atoms with E-state index in [1.165, 1.54) is 0 Å². The van der Waals surface area contributed by atoms with Gasteiger partial charge in [-0.05, 0) is 19.1 Å². The fourth-order valence-corrected chi connectivity index (χ4v) is 1.40. The predicted molar refractivity (Wildman–Crippen MR) is 74.7 cm³/mol. The normalized spacial score (nSPS) is 10.9. The van der Waals surface area contributed by atoms with Crippen molar-refractivity contribution in [3.63, 3.8) is 0 Å². The summed E-state index contributed by atoms with van der Waals surface area (Å²) in [5.74, 6) is -0.181. The summed E-state index contributed by atoms with van der Waals surface area (Å²) >= 11 is 0. The fraction of sp³-hybridized carbons (Fsp3) is 0.500. The van der Waals surface area contributed by atoms with E-state index in [1.807, 2.05) is 27.7 Å². The van der Waals surface area contributed by atoms with Crippen LogP contribution in [0.25, 0.3) is 0 Å². The van der Waals surface area contributed by atoms with Crippen molar-refractivity contribution < 1.29 is 9.59 Å². The topological polar surface area (TPSA) is 71.1 Å². The minimum Gasteiger partial charge on any atom is -0.355 e. The smallest absolute Gasteiger partial charge is 0.226 e. The Hall–Kier alpha value is -1.91. The quantitative estimate of drug-likeness (QED) is 0.871. The Balaban J connectivity index is 2.35. The zero-order chi connectivity index (χ0) is 14.5. The van der Waals surface area contributed by atoms with E-state index in [2.05, 4.69) is 15.6 Å². The van der Waals surface area contributed by atoms with E-state index in [0.29, 0.717) is 6.54 Å². The summed E-state index contributed by atoms with van der Waals surface area (Å²) in [6, 6.07) is 3.53. The van der Waals surface area contributed by atoms with Crippen LogP contribution in [0.4, 0.5) is 5.69 Å². The molecule has 0 aliphatic heterocycles. The molecule has 5 nitrogen and oxygen atoms in total. The van der Waals surface area contributed by atoms with Gasteiger partial charge in [0.05, 0.1) is 0 Å². The molecule has 19 heavy (non-hydrogen) atoms. The second kappa shape index (κ2) is 6.31. The Bertz CT molecular complexity index is 464. The summed E-state index contributed by atoms with van der Waals surface area (Å²) in [5, 5.41) is 5.50. The van der Waals surface area contributed by atoms with Gasteiger partial charge in [-0.2, -0.15) is 0 Å². The number of pyridine rings is 1. The molecule has 1 aromatic rings. The number of nitrogens with one attached hydrogen (secondary N) is 2. The molecule has 5 heteroatoms. The molecule has 0 saturated carbocycles. The fourth-order valence-electron chi connectivity index (χ4n) is 1.40. The molecular weight excluding hydrogens is 242 g/mol. The van der Waals surface area contributed by atoms with Gasteiger partial charge in [0.2, 0.25) is 11.8 Å². The zero-order valence-electron chi connectivity index (χ0n) is 11.9. The predicted octanol–water partition coefficient (Wildman–Crippen LogP) is 1.88. The van der Waals surface area contributed by atoms with Crippen LogP contribution in [0.2, 0.25) is 0 Å². The molecule has 0 aromatic carbocycles. The molecule has 0 unspecified atom stereocenters. The first-order chi connectivity index (χ1) is 8.79. The summed E-state index contributed by atoms with van der Waals surface area (Å²) in [6.07, 6.45) is 1.90. The maximum atomic E-state index is 11.7. The molecular formula is C14H21N3O2. The maximum absolute atomic E-state index is 11.7. The highest BCUT2D eigenvalue weighted by atomic mass is 16.2. The summed E-state index contributed by atoms with van der Waals surface area (Å²) in [6.45, 7) is 7.71. The molecule has 0 aliphatic rings. The largest absolute Gasteiger partial charge is 0.355 e. The van der Waals surface area contributed by atoms with Gasteiger partial charge >= 0.3 is 0 Å². The number of nitrogens with zero attached hydrogens (tertiary/aromatic N) is 1. The standard InChI is InChI=1S/C14H21N3O2/c1-10-9-11(5-7-15-10)17-12(18)6-8-16-13(19)14(2,3)4/h5,7,9H,6,8H2,1-4H3,(H,16,19)(H,15,17,18). The van der Waals surface area contributed by atoms with Crippen LogP contribution in [0.1, 0.15) is 32.9 Å². The Morgan fingerprint density at radius 1 is 1.32 bits per heavy atom. The van der Waals surface area contributed by atoms with Gasteiger partial charge < -0.3 is 10.6 Å². The third-order valence-corrected chi connectivity index (χ3v) is 2.50. The van der Waals surface area contributed by atoms with Crippen molar-refractivity contribution in [2.45, 2.75) is 34.1 Å². The number of aromatic nitrogens is 1. The van der Waals surface area contributed by atoms with E-state index in [-0.39, 0.29) is 18.2 Å². The van der Waals surface area contributed by atoms with Crippen LogP contribution in [0.5, 0.6) is 0 Å². The van der Waals surface area contributed by atoms with Crippen molar-refractivity contribution in [1.29, 1.82) is 0 Å². The second-order valence-electron chi connectivity index (χ2n) is 5.49. The SMILES string of the molecule is Cc1cc(NC(=O)CCNC(=O)C(C)(C)C)ccn1. The van der Waals surface area contributed by atoms with E-state index in [1.54, 1.807) is 18.3 Å². The van der Waals surface area contributed by atoms with Gasteiger partial charge in [-0.15, -0.1) is 0 Å². The van der Waals surface area contributed by atoms with Crippen molar-refractivity contribution in [2.75, 3.05) is 11.9 Å². The molecule has 1 heterocycles. The molecule has 0 fully saturated rings. The molecule has 0 saturated heterocycles. The van der Waals surface area contributed by atoms with Gasteiger partial charge in [-0.25, -0.2) is 0 Å². The molecule has 1 rings (SSSR count). The first-order valence-corrected chi connectivity index (χ1v) is 6.30. The number of aryl methyl sites for hydroxylation is 1. The lowest BCUT2D eigenvalue weighted by Crippen LogP contribution is -2.36. The van der Waals surface area contributed by atoms with Crippen LogP contribution in [-0.2, 0) is 9.59 Å². The number of carbonyl (C=O) groups is 2. The number of carbonyl (C=O) groups excluding carboxylic acids is 2. The first kappa shape index (κ1) is 15.1. The molecule has 0 atom stereocenters. The van der Waals surface area contributed by atoms with Gasteiger partial charge in [0.15, 0.2) is 0 Å². The molecule has 1 aromatic heterocycles. The molecule has 0 bridgehead atoms. The van der Waals surface area contributed by atoms with Gasteiger partial charge in [0.25, 0.3) is 0 Å². The van der Waals surface area contributed by atoms with Crippen LogP contribution in [-0.4, -0.2) is 23.3 Å². The third kappa shape index (κ3) is 5.50. The minimum absolute atomic E-state index is 0.0555. The molecule has 0 spiro atoms. The number of anilines is 1. The van der Waals surface area contributed by atoms with Crippen LogP contribution in [0.3, 0.4) is 0 Å². The van der Waals surface area contributed by atoms with Crippen molar-refractivity contribution in [2.24, 2.45) is 5.41 Å². The Morgan fingerprint density at radius 2 is 2.00 bits per heavy atom. The van der Waals surface area contributed by atoms with E-state index in [4.69, 9.17) is 0 Å². The molecule has 0 radical (unpaired) electrons. The van der Waals surface area contributed by atoms with Crippen LogP contribution in [0, 0.1) is 12.3 Å². The van der Waals surface area contributed by atoms with E-state index in [9.17, 15) is 9.59 Å². The van der Waals surface area contributed by atoms with Crippen molar-refractivity contribution in [3.05, 3.63) is 24.0 Å². The summed E-state index contributed by atoms with van der Waals surface area (Å²) < 4.78 is 0. The average Bonchev–Trinajstić information content (AvgIpc) is 2.27. The maximum Gasteiger partial charge on any atom is 0.226 e. The highest BCUT2D eigenvalue weighted by Crippen LogP contribution is 2.12. The highest BCUT2D eigenvalue weighted by molar-refractivity contribution is 5.91. The summed E-state index contributed by atoms with van der Waals surface area (Å²) in [7, 11) is 0. The first-order valence-electron chi connectivity index (χ1n) is 6.30. The number of hydrogen-bond acceptors (Lipinski definition) is 3. The van der Waals surface area contributed by atoms with Crippen molar-refractivity contribution in [3.8, 4) is 0 Å². The van der Waals surface area contributed by atoms with Gasteiger partial charge in [-0.3, -0.25) is 14.6 Å².